The number of benzene rings is 1. The van der Waals surface area contributed by atoms with Crippen molar-refractivity contribution in [2.75, 3.05) is 12.4 Å². The van der Waals surface area contributed by atoms with Crippen LogP contribution in [0, 0.1) is 0 Å². The lowest BCUT2D eigenvalue weighted by molar-refractivity contribution is -0.126. The Balaban J connectivity index is 2.76. The van der Waals surface area contributed by atoms with E-state index in [-0.39, 0.29) is 0 Å². The fraction of sp³-hybridized carbons (Fsp3) is 0.364. The molecule has 0 aliphatic carbocycles. The van der Waals surface area contributed by atoms with Crippen LogP contribution in [-0.2, 0) is 4.79 Å². The van der Waals surface area contributed by atoms with E-state index in [9.17, 15) is 9.90 Å². The number of primary amides is 1. The highest BCUT2D eigenvalue weighted by Crippen LogP contribution is 2.24. The second kappa shape index (κ2) is 5.37. The molecule has 88 valence electrons. The standard InChI is InChI=1S/C11H16N2O3/c1-7(10(14)11(12)15)13-8-5-3-4-6-9(8)16-2/h3-7,10,13-14H,1-2H3,(H2,12,15). The third kappa shape index (κ3) is 2.87. The molecular weight excluding hydrogens is 208 g/mol. The number of aliphatic hydroxyl groups is 1. The van der Waals surface area contributed by atoms with E-state index in [1.807, 2.05) is 12.1 Å². The molecular formula is C11H16N2O3. The van der Waals surface area contributed by atoms with Crippen LogP contribution in [0.4, 0.5) is 5.69 Å². The lowest BCUT2D eigenvalue weighted by Gasteiger charge is -2.20. The summed E-state index contributed by atoms with van der Waals surface area (Å²) in [5.41, 5.74) is 5.71. The zero-order chi connectivity index (χ0) is 12.1. The molecule has 0 saturated carbocycles. The van der Waals surface area contributed by atoms with E-state index in [2.05, 4.69) is 5.32 Å². The van der Waals surface area contributed by atoms with E-state index in [4.69, 9.17) is 10.5 Å². The Hall–Kier alpha value is -1.75. The SMILES string of the molecule is COc1ccccc1NC(C)C(O)C(N)=O. The third-order valence-corrected chi connectivity index (χ3v) is 2.26. The van der Waals surface area contributed by atoms with Crippen molar-refractivity contribution in [3.05, 3.63) is 24.3 Å². The van der Waals surface area contributed by atoms with Crippen LogP contribution in [0.1, 0.15) is 6.92 Å². The highest BCUT2D eigenvalue weighted by Gasteiger charge is 2.20. The van der Waals surface area contributed by atoms with E-state index < -0.39 is 18.1 Å². The van der Waals surface area contributed by atoms with Gasteiger partial charge in [0.15, 0.2) is 6.10 Å². The zero-order valence-corrected chi connectivity index (χ0v) is 9.31. The maximum atomic E-state index is 10.8. The highest BCUT2D eigenvalue weighted by molar-refractivity contribution is 5.80. The second-order valence-corrected chi connectivity index (χ2v) is 3.48. The van der Waals surface area contributed by atoms with Crippen LogP contribution in [0.2, 0.25) is 0 Å². The molecule has 16 heavy (non-hydrogen) atoms. The number of aliphatic hydroxyl groups excluding tert-OH is 1. The van der Waals surface area contributed by atoms with Gasteiger partial charge >= 0.3 is 0 Å². The molecule has 0 radical (unpaired) electrons. The van der Waals surface area contributed by atoms with Gasteiger partial charge in [-0.2, -0.15) is 0 Å². The van der Waals surface area contributed by atoms with Crippen molar-refractivity contribution in [2.45, 2.75) is 19.1 Å². The Morgan fingerprint density at radius 2 is 2.12 bits per heavy atom. The minimum atomic E-state index is -1.23. The summed E-state index contributed by atoms with van der Waals surface area (Å²) in [5, 5.41) is 12.4. The van der Waals surface area contributed by atoms with Crippen LogP contribution in [0.25, 0.3) is 0 Å². The number of hydrogen-bond donors (Lipinski definition) is 3. The topological polar surface area (TPSA) is 84.6 Å². The van der Waals surface area contributed by atoms with Crippen LogP contribution >= 0.6 is 0 Å². The molecule has 0 heterocycles. The second-order valence-electron chi connectivity index (χ2n) is 3.48. The van der Waals surface area contributed by atoms with Gasteiger partial charge in [-0.3, -0.25) is 4.79 Å². The van der Waals surface area contributed by atoms with Crippen molar-refractivity contribution in [2.24, 2.45) is 5.73 Å². The van der Waals surface area contributed by atoms with E-state index in [1.54, 1.807) is 26.2 Å². The zero-order valence-electron chi connectivity index (χ0n) is 9.31. The van der Waals surface area contributed by atoms with Gasteiger partial charge < -0.3 is 20.9 Å². The van der Waals surface area contributed by atoms with E-state index in [0.29, 0.717) is 11.4 Å². The number of rotatable bonds is 5. The van der Waals surface area contributed by atoms with Crippen LogP contribution in [0.3, 0.4) is 0 Å². The normalized spacial score (nSPS) is 13.9. The van der Waals surface area contributed by atoms with Crippen molar-refractivity contribution in [1.29, 1.82) is 0 Å². The monoisotopic (exact) mass is 224 g/mol. The summed E-state index contributed by atoms with van der Waals surface area (Å²) in [7, 11) is 1.55. The number of nitrogens with one attached hydrogen (secondary N) is 1. The number of carbonyl (C=O) groups excluding carboxylic acids is 1. The van der Waals surface area contributed by atoms with E-state index in [1.165, 1.54) is 0 Å². The maximum absolute atomic E-state index is 10.8. The van der Waals surface area contributed by atoms with Crippen LogP contribution in [0.15, 0.2) is 24.3 Å². The summed E-state index contributed by atoms with van der Waals surface area (Å²) in [6, 6.07) is 6.76. The first kappa shape index (κ1) is 12.3. The van der Waals surface area contributed by atoms with Gasteiger partial charge in [-0.05, 0) is 19.1 Å². The van der Waals surface area contributed by atoms with Crippen molar-refractivity contribution in [1.82, 2.24) is 0 Å². The van der Waals surface area contributed by atoms with Crippen LogP contribution < -0.4 is 15.8 Å². The number of carbonyl (C=O) groups is 1. The van der Waals surface area contributed by atoms with Gasteiger partial charge in [0.05, 0.1) is 18.8 Å². The van der Waals surface area contributed by atoms with Gasteiger partial charge in [-0.15, -0.1) is 0 Å². The predicted octanol–water partition coefficient (Wildman–Crippen LogP) is 0.342. The molecule has 5 heteroatoms. The number of nitrogens with two attached hydrogens (primary N) is 1. The number of methoxy groups -OCH3 is 1. The Bertz CT molecular complexity index is 368. The summed E-state index contributed by atoms with van der Waals surface area (Å²) >= 11 is 0. The molecule has 1 aromatic rings. The average Bonchev–Trinajstić information content (AvgIpc) is 2.28. The number of para-hydroxylation sites is 2. The number of anilines is 1. The van der Waals surface area contributed by atoms with Gasteiger partial charge in [-0.1, -0.05) is 12.1 Å². The van der Waals surface area contributed by atoms with E-state index in [0.717, 1.165) is 0 Å². The first-order chi connectivity index (χ1) is 7.56. The lowest BCUT2D eigenvalue weighted by Crippen LogP contribution is -2.41. The minimum Gasteiger partial charge on any atom is -0.495 e. The van der Waals surface area contributed by atoms with Crippen molar-refractivity contribution < 1.29 is 14.6 Å². The number of amides is 1. The Morgan fingerprint density at radius 3 is 2.69 bits per heavy atom. The molecule has 4 N–H and O–H groups in total. The molecule has 1 rings (SSSR count). The molecule has 0 fully saturated rings. The largest absolute Gasteiger partial charge is 0.495 e. The summed E-state index contributed by atoms with van der Waals surface area (Å²) in [5.74, 6) is -0.110. The first-order valence-corrected chi connectivity index (χ1v) is 4.93. The molecule has 0 aliphatic heterocycles. The molecule has 1 amide bonds. The highest BCUT2D eigenvalue weighted by atomic mass is 16.5. The smallest absolute Gasteiger partial charge is 0.248 e. The van der Waals surface area contributed by atoms with Gasteiger partial charge in [0.2, 0.25) is 5.91 Å². The Kier molecular flexibility index (Phi) is 4.13. The summed E-state index contributed by atoms with van der Waals surface area (Å²) in [4.78, 5) is 10.8. The Labute approximate surface area is 94.2 Å². The number of ether oxygens (including phenoxy) is 1. The molecule has 2 unspecified atom stereocenters. The van der Waals surface area contributed by atoms with Gasteiger partial charge in [0.1, 0.15) is 5.75 Å². The first-order valence-electron chi connectivity index (χ1n) is 4.93. The molecule has 0 aliphatic rings. The molecule has 0 aromatic heterocycles. The van der Waals surface area contributed by atoms with E-state index >= 15 is 0 Å². The molecule has 1 aromatic carbocycles. The fourth-order valence-corrected chi connectivity index (χ4v) is 1.33. The van der Waals surface area contributed by atoms with Crippen LogP contribution in [-0.4, -0.2) is 30.3 Å². The van der Waals surface area contributed by atoms with Crippen molar-refractivity contribution in [3.8, 4) is 5.75 Å². The summed E-state index contributed by atoms with van der Waals surface area (Å²) < 4.78 is 5.13. The molecule has 0 bridgehead atoms. The van der Waals surface area contributed by atoms with Crippen molar-refractivity contribution >= 4 is 11.6 Å². The fourth-order valence-electron chi connectivity index (χ4n) is 1.33. The van der Waals surface area contributed by atoms with Crippen molar-refractivity contribution in [3.63, 3.8) is 0 Å². The average molecular weight is 224 g/mol. The van der Waals surface area contributed by atoms with Crippen LogP contribution in [0.5, 0.6) is 5.75 Å². The van der Waals surface area contributed by atoms with Gasteiger partial charge in [-0.25, -0.2) is 0 Å². The molecule has 0 spiro atoms. The lowest BCUT2D eigenvalue weighted by atomic mass is 10.1. The Morgan fingerprint density at radius 1 is 1.50 bits per heavy atom. The molecule has 0 saturated heterocycles. The van der Waals surface area contributed by atoms with Gasteiger partial charge in [0.25, 0.3) is 0 Å². The molecule has 5 nitrogen and oxygen atoms in total. The maximum Gasteiger partial charge on any atom is 0.248 e. The molecule has 2 atom stereocenters. The number of hydrogen-bond acceptors (Lipinski definition) is 4. The quantitative estimate of drug-likeness (QED) is 0.673. The van der Waals surface area contributed by atoms with Gasteiger partial charge in [0, 0.05) is 0 Å². The summed E-state index contributed by atoms with van der Waals surface area (Å²) in [6.45, 7) is 1.67. The third-order valence-electron chi connectivity index (χ3n) is 2.26. The minimum absolute atomic E-state index is 0.478. The predicted molar refractivity (Wildman–Crippen MR) is 61.3 cm³/mol. The summed E-state index contributed by atoms with van der Waals surface area (Å²) in [6.07, 6.45) is -1.23.